The van der Waals surface area contributed by atoms with Gasteiger partial charge in [-0.15, -0.1) is 0 Å². The minimum Gasteiger partial charge on any atom is -0.465 e. The van der Waals surface area contributed by atoms with Gasteiger partial charge in [0.2, 0.25) is 0 Å². The smallest absolute Gasteiger partial charge is 0.339 e. The number of hydrogen-bond acceptors (Lipinski definition) is 6. The number of para-hydroxylation sites is 2. The van der Waals surface area contributed by atoms with E-state index < -0.39 is 11.3 Å². The van der Waals surface area contributed by atoms with Gasteiger partial charge in [-0.25, -0.2) is 9.69 Å². The van der Waals surface area contributed by atoms with E-state index in [1.165, 1.54) is 7.11 Å². The summed E-state index contributed by atoms with van der Waals surface area (Å²) in [5.41, 5.74) is 1.27. The monoisotopic (exact) mass is 342 g/mol. The predicted molar refractivity (Wildman–Crippen MR) is 92.1 cm³/mol. The summed E-state index contributed by atoms with van der Waals surface area (Å²) in [7, 11) is 1.29. The minimum atomic E-state index is -0.802. The van der Waals surface area contributed by atoms with Crippen molar-refractivity contribution in [1.29, 1.82) is 0 Å². The molecular formula is C17H14N2O4S. The average molecular weight is 342 g/mol. The van der Waals surface area contributed by atoms with Gasteiger partial charge in [0, 0.05) is 5.69 Å². The number of thioether (sulfide) groups is 1. The van der Waals surface area contributed by atoms with Crippen LogP contribution < -0.4 is 10.2 Å². The summed E-state index contributed by atoms with van der Waals surface area (Å²) < 4.78 is 4.73. The number of carbonyl (C=O) groups excluding carboxylic acids is 3. The lowest BCUT2D eigenvalue weighted by Crippen LogP contribution is -2.34. The molecule has 6 nitrogen and oxygen atoms in total. The van der Waals surface area contributed by atoms with E-state index in [4.69, 9.17) is 4.74 Å². The van der Waals surface area contributed by atoms with E-state index in [1.54, 1.807) is 48.5 Å². The van der Waals surface area contributed by atoms with E-state index >= 15 is 0 Å². The molecule has 1 aliphatic rings. The zero-order valence-corrected chi connectivity index (χ0v) is 13.6. The third-order valence-electron chi connectivity index (χ3n) is 3.48. The molecule has 2 aromatic rings. The number of imide groups is 1. The van der Waals surface area contributed by atoms with Crippen molar-refractivity contribution in [2.45, 2.75) is 5.37 Å². The second-order valence-electron chi connectivity index (χ2n) is 4.95. The van der Waals surface area contributed by atoms with E-state index in [0.717, 1.165) is 16.7 Å². The van der Waals surface area contributed by atoms with Gasteiger partial charge < -0.3 is 10.1 Å². The van der Waals surface area contributed by atoms with Gasteiger partial charge in [-0.2, -0.15) is 0 Å². The summed E-state index contributed by atoms with van der Waals surface area (Å²) in [5, 5.41) is 1.79. The SMILES string of the molecule is COC(=O)c1ccccc1N[C@H]1SC(=O)N(c2ccccc2)C1=O. The number of rotatable bonds is 4. The average Bonchev–Trinajstić information content (AvgIpc) is 2.89. The molecule has 0 bridgehead atoms. The standard InChI is InChI=1S/C17H14N2O4S/c1-23-16(21)12-9-5-6-10-13(12)18-14-15(20)19(17(22)24-14)11-7-3-2-4-8-11/h2-10,14,18H,1H3/t14-/m0/s1. The molecule has 0 saturated carbocycles. The predicted octanol–water partition coefficient (Wildman–Crippen LogP) is 3.11. The topological polar surface area (TPSA) is 75.7 Å². The lowest BCUT2D eigenvalue weighted by molar-refractivity contribution is -0.116. The van der Waals surface area contributed by atoms with Crippen LogP contribution in [0.5, 0.6) is 0 Å². The summed E-state index contributed by atoms with van der Waals surface area (Å²) in [6.07, 6.45) is 0. The minimum absolute atomic E-state index is 0.305. The molecule has 0 aliphatic carbocycles. The Balaban J connectivity index is 1.84. The van der Waals surface area contributed by atoms with Crippen LogP contribution in [0.2, 0.25) is 0 Å². The molecule has 0 spiro atoms. The van der Waals surface area contributed by atoms with Crippen LogP contribution >= 0.6 is 11.8 Å². The Labute approximate surface area is 142 Å². The molecule has 1 N–H and O–H groups in total. The Bertz CT molecular complexity index is 794. The summed E-state index contributed by atoms with van der Waals surface area (Å²) >= 11 is 0.874. The van der Waals surface area contributed by atoms with Gasteiger partial charge in [0.15, 0.2) is 5.37 Å². The van der Waals surface area contributed by atoms with Crippen LogP contribution in [-0.2, 0) is 9.53 Å². The van der Waals surface area contributed by atoms with Gasteiger partial charge in [0.1, 0.15) is 0 Å². The highest BCUT2D eigenvalue weighted by Crippen LogP contribution is 2.33. The lowest BCUT2D eigenvalue weighted by Gasteiger charge is -2.16. The summed E-state index contributed by atoms with van der Waals surface area (Å²) in [4.78, 5) is 37.7. The number of anilines is 2. The third-order valence-corrected chi connectivity index (χ3v) is 4.42. The molecule has 1 saturated heterocycles. The van der Waals surface area contributed by atoms with Crippen LogP contribution in [0.1, 0.15) is 10.4 Å². The number of nitrogens with zero attached hydrogens (tertiary/aromatic N) is 1. The lowest BCUT2D eigenvalue weighted by atomic mass is 10.2. The number of benzene rings is 2. The summed E-state index contributed by atoms with van der Waals surface area (Å²) in [6, 6.07) is 15.4. The van der Waals surface area contributed by atoms with Crippen molar-refractivity contribution in [3.63, 3.8) is 0 Å². The van der Waals surface area contributed by atoms with Crippen LogP contribution in [0.15, 0.2) is 54.6 Å². The van der Waals surface area contributed by atoms with Gasteiger partial charge in [-0.3, -0.25) is 9.59 Å². The van der Waals surface area contributed by atoms with Gasteiger partial charge >= 0.3 is 5.97 Å². The highest BCUT2D eigenvalue weighted by Gasteiger charge is 2.41. The molecule has 24 heavy (non-hydrogen) atoms. The maximum absolute atomic E-state index is 12.6. The van der Waals surface area contributed by atoms with Gasteiger partial charge in [-0.1, -0.05) is 30.3 Å². The van der Waals surface area contributed by atoms with E-state index in [0.29, 0.717) is 16.9 Å². The summed E-state index contributed by atoms with van der Waals surface area (Å²) in [5.74, 6) is -0.893. The zero-order chi connectivity index (χ0) is 17.1. The fourth-order valence-corrected chi connectivity index (χ4v) is 3.24. The molecule has 3 rings (SSSR count). The number of ether oxygens (including phenoxy) is 1. The molecule has 122 valence electrons. The number of carbonyl (C=O) groups is 3. The Morgan fingerprint density at radius 1 is 1.08 bits per heavy atom. The van der Waals surface area contributed by atoms with Crippen molar-refractivity contribution in [3.8, 4) is 0 Å². The second-order valence-corrected chi connectivity index (χ2v) is 6.01. The van der Waals surface area contributed by atoms with Crippen molar-refractivity contribution < 1.29 is 19.1 Å². The van der Waals surface area contributed by atoms with Crippen LogP contribution in [0, 0.1) is 0 Å². The number of amides is 2. The molecule has 1 fully saturated rings. The fraction of sp³-hybridized carbons (Fsp3) is 0.118. The molecule has 2 aromatic carbocycles. The van der Waals surface area contributed by atoms with Crippen LogP contribution in [0.25, 0.3) is 0 Å². The molecule has 2 amide bonds. The molecular weight excluding hydrogens is 328 g/mol. The second kappa shape index (κ2) is 6.76. The van der Waals surface area contributed by atoms with E-state index in [1.807, 2.05) is 6.07 Å². The van der Waals surface area contributed by atoms with Gasteiger partial charge in [0.05, 0.1) is 18.4 Å². The summed E-state index contributed by atoms with van der Waals surface area (Å²) in [6.45, 7) is 0. The molecule has 0 radical (unpaired) electrons. The van der Waals surface area contributed by atoms with Crippen LogP contribution in [-0.4, -0.2) is 29.6 Å². The number of nitrogens with one attached hydrogen (secondary N) is 1. The Hall–Kier alpha value is -2.80. The van der Waals surface area contributed by atoms with Crippen molar-refractivity contribution in [2.75, 3.05) is 17.3 Å². The molecule has 1 heterocycles. The number of methoxy groups -OCH3 is 1. The van der Waals surface area contributed by atoms with Crippen molar-refractivity contribution in [3.05, 3.63) is 60.2 Å². The molecule has 1 atom stereocenters. The third kappa shape index (κ3) is 2.98. The Morgan fingerprint density at radius 2 is 1.75 bits per heavy atom. The zero-order valence-electron chi connectivity index (χ0n) is 12.8. The van der Waals surface area contributed by atoms with Crippen LogP contribution in [0.3, 0.4) is 0 Å². The Kier molecular flexibility index (Phi) is 4.52. The first-order valence-corrected chi connectivity index (χ1v) is 8.03. The Morgan fingerprint density at radius 3 is 2.46 bits per heavy atom. The van der Waals surface area contributed by atoms with Crippen molar-refractivity contribution in [1.82, 2.24) is 0 Å². The fourth-order valence-electron chi connectivity index (χ4n) is 2.35. The first-order valence-electron chi connectivity index (χ1n) is 7.15. The molecule has 0 unspecified atom stereocenters. The van der Waals surface area contributed by atoms with Gasteiger partial charge in [0.25, 0.3) is 11.1 Å². The molecule has 1 aliphatic heterocycles. The molecule has 7 heteroatoms. The largest absolute Gasteiger partial charge is 0.465 e. The number of hydrogen-bond donors (Lipinski definition) is 1. The molecule has 0 aromatic heterocycles. The van der Waals surface area contributed by atoms with Gasteiger partial charge in [-0.05, 0) is 36.0 Å². The maximum atomic E-state index is 12.6. The number of esters is 1. The maximum Gasteiger partial charge on any atom is 0.339 e. The normalized spacial score (nSPS) is 17.0. The van der Waals surface area contributed by atoms with Crippen LogP contribution in [0.4, 0.5) is 16.2 Å². The van der Waals surface area contributed by atoms with E-state index in [9.17, 15) is 14.4 Å². The highest BCUT2D eigenvalue weighted by atomic mass is 32.2. The first kappa shape index (κ1) is 16.1. The van der Waals surface area contributed by atoms with Crippen molar-refractivity contribution in [2.24, 2.45) is 0 Å². The quantitative estimate of drug-likeness (QED) is 0.861. The first-order chi connectivity index (χ1) is 11.6. The highest BCUT2D eigenvalue weighted by molar-refractivity contribution is 8.16. The van der Waals surface area contributed by atoms with E-state index in [2.05, 4.69) is 5.32 Å². The van der Waals surface area contributed by atoms with E-state index in [-0.39, 0.29) is 11.1 Å². The van der Waals surface area contributed by atoms with Crippen molar-refractivity contribution >= 4 is 40.3 Å².